The Balaban J connectivity index is 3.10. The molecule has 0 bridgehead atoms. The number of benzene rings is 1. The van der Waals surface area contributed by atoms with E-state index in [0.29, 0.717) is 24.5 Å². The quantitative estimate of drug-likeness (QED) is 0.728. The van der Waals surface area contributed by atoms with Gasteiger partial charge in [-0.05, 0) is 30.0 Å². The molecule has 120 valence electrons. The molecule has 1 aromatic rings. The van der Waals surface area contributed by atoms with Crippen molar-refractivity contribution in [2.45, 2.75) is 50.6 Å². The summed E-state index contributed by atoms with van der Waals surface area (Å²) in [6.45, 7) is 4.65. The third-order valence-electron chi connectivity index (χ3n) is 3.36. The van der Waals surface area contributed by atoms with Gasteiger partial charge >= 0.3 is 0 Å². The molecule has 0 radical (unpaired) electrons. The topological polar surface area (TPSA) is 81.4 Å². The fraction of sp³-hybridized carbons (Fsp3) is 0.600. The van der Waals surface area contributed by atoms with Gasteiger partial charge < -0.3 is 10.5 Å². The van der Waals surface area contributed by atoms with Crippen LogP contribution < -0.4 is 10.5 Å². The summed E-state index contributed by atoms with van der Waals surface area (Å²) in [5.74, 6) is 0. The summed E-state index contributed by atoms with van der Waals surface area (Å²) in [6, 6.07) is 5.16. The number of rotatable bonds is 9. The molecule has 0 spiro atoms. The summed E-state index contributed by atoms with van der Waals surface area (Å²) in [6.07, 6.45) is 2.29. The normalized spacial score (nSPS) is 13.3. The maximum Gasteiger partial charge on any atom is 0.241 e. The van der Waals surface area contributed by atoms with Gasteiger partial charge in [-0.25, -0.2) is 13.1 Å². The second-order valence-electron chi connectivity index (χ2n) is 5.06. The number of hydrogen-bond acceptors (Lipinski definition) is 4. The molecule has 21 heavy (non-hydrogen) atoms. The van der Waals surface area contributed by atoms with E-state index in [4.69, 9.17) is 10.5 Å². The highest BCUT2D eigenvalue weighted by Gasteiger charge is 2.22. The third-order valence-corrected chi connectivity index (χ3v) is 4.97. The highest BCUT2D eigenvalue weighted by molar-refractivity contribution is 7.89. The maximum absolute atomic E-state index is 12.6. The van der Waals surface area contributed by atoms with Gasteiger partial charge in [0.1, 0.15) is 0 Å². The average Bonchev–Trinajstić information content (AvgIpc) is 2.46. The van der Waals surface area contributed by atoms with Crippen molar-refractivity contribution in [2.75, 3.05) is 13.7 Å². The van der Waals surface area contributed by atoms with E-state index in [0.717, 1.165) is 24.0 Å². The zero-order chi connectivity index (χ0) is 15.9. The molecule has 6 heteroatoms. The SMILES string of the molecule is CCCC(COC)NS(=O)(=O)c1cc(CN)ccc1CC. The molecule has 5 nitrogen and oxygen atoms in total. The molecular formula is C15H26N2O3S. The number of nitrogens with two attached hydrogens (primary N) is 1. The van der Waals surface area contributed by atoms with Gasteiger partial charge in [0.05, 0.1) is 11.5 Å². The van der Waals surface area contributed by atoms with E-state index in [9.17, 15) is 8.42 Å². The molecule has 0 aliphatic carbocycles. The predicted molar refractivity (Wildman–Crippen MR) is 84.6 cm³/mol. The smallest absolute Gasteiger partial charge is 0.241 e. The zero-order valence-electron chi connectivity index (χ0n) is 13.1. The van der Waals surface area contributed by atoms with Crippen molar-refractivity contribution in [2.24, 2.45) is 5.73 Å². The number of ether oxygens (including phenoxy) is 1. The van der Waals surface area contributed by atoms with Crippen LogP contribution in [0.5, 0.6) is 0 Å². The highest BCUT2D eigenvalue weighted by Crippen LogP contribution is 2.19. The van der Waals surface area contributed by atoms with Crippen LogP contribution in [0.15, 0.2) is 23.1 Å². The van der Waals surface area contributed by atoms with Crippen molar-refractivity contribution in [3.8, 4) is 0 Å². The second-order valence-corrected chi connectivity index (χ2v) is 6.74. The lowest BCUT2D eigenvalue weighted by Crippen LogP contribution is -2.38. The van der Waals surface area contributed by atoms with Gasteiger partial charge in [-0.1, -0.05) is 32.4 Å². The number of sulfonamides is 1. The zero-order valence-corrected chi connectivity index (χ0v) is 13.9. The molecule has 0 aromatic heterocycles. The van der Waals surface area contributed by atoms with E-state index in [1.807, 2.05) is 26.0 Å². The van der Waals surface area contributed by atoms with E-state index in [-0.39, 0.29) is 6.04 Å². The van der Waals surface area contributed by atoms with Crippen LogP contribution >= 0.6 is 0 Å². The minimum absolute atomic E-state index is 0.212. The Labute approximate surface area is 127 Å². The monoisotopic (exact) mass is 314 g/mol. The van der Waals surface area contributed by atoms with Crippen molar-refractivity contribution >= 4 is 10.0 Å². The molecule has 0 amide bonds. The van der Waals surface area contributed by atoms with E-state index >= 15 is 0 Å². The molecule has 0 heterocycles. The van der Waals surface area contributed by atoms with Gasteiger partial charge in [0.2, 0.25) is 10.0 Å². The van der Waals surface area contributed by atoms with Crippen molar-refractivity contribution in [1.29, 1.82) is 0 Å². The Morgan fingerprint density at radius 2 is 2.05 bits per heavy atom. The van der Waals surface area contributed by atoms with Gasteiger partial charge in [-0.2, -0.15) is 0 Å². The Kier molecular flexibility index (Phi) is 7.31. The Morgan fingerprint density at radius 1 is 1.33 bits per heavy atom. The molecule has 0 saturated heterocycles. The maximum atomic E-state index is 12.6. The van der Waals surface area contributed by atoms with Crippen LogP contribution in [0.1, 0.15) is 37.8 Å². The molecule has 1 atom stereocenters. The molecule has 1 rings (SSSR count). The highest BCUT2D eigenvalue weighted by atomic mass is 32.2. The van der Waals surface area contributed by atoms with Crippen LogP contribution in [0, 0.1) is 0 Å². The van der Waals surface area contributed by atoms with E-state index in [2.05, 4.69) is 4.72 Å². The summed E-state index contributed by atoms with van der Waals surface area (Å²) in [5, 5.41) is 0. The summed E-state index contributed by atoms with van der Waals surface area (Å²) in [7, 11) is -1.99. The van der Waals surface area contributed by atoms with Crippen molar-refractivity contribution < 1.29 is 13.2 Å². The fourth-order valence-electron chi connectivity index (χ4n) is 2.28. The molecule has 0 aliphatic rings. The first-order valence-corrected chi connectivity index (χ1v) is 8.79. The predicted octanol–water partition coefficient (Wildman–Crippen LogP) is 1.80. The molecule has 1 aromatic carbocycles. The largest absolute Gasteiger partial charge is 0.383 e. The van der Waals surface area contributed by atoms with Gasteiger partial charge in [0.25, 0.3) is 0 Å². The molecule has 1 unspecified atom stereocenters. The van der Waals surface area contributed by atoms with Gasteiger partial charge in [0.15, 0.2) is 0 Å². The van der Waals surface area contributed by atoms with E-state index < -0.39 is 10.0 Å². The van der Waals surface area contributed by atoms with Gasteiger partial charge in [0, 0.05) is 19.7 Å². The molecular weight excluding hydrogens is 288 g/mol. The Bertz CT molecular complexity index is 538. The lowest BCUT2D eigenvalue weighted by atomic mass is 10.1. The first-order valence-electron chi connectivity index (χ1n) is 7.31. The van der Waals surface area contributed by atoms with Gasteiger partial charge in [-0.3, -0.25) is 0 Å². The number of aryl methyl sites for hydroxylation is 1. The van der Waals surface area contributed by atoms with Crippen molar-refractivity contribution in [1.82, 2.24) is 4.72 Å². The van der Waals surface area contributed by atoms with E-state index in [1.165, 1.54) is 0 Å². The van der Waals surface area contributed by atoms with Crippen LogP contribution in [0.25, 0.3) is 0 Å². The number of hydrogen-bond donors (Lipinski definition) is 2. The lowest BCUT2D eigenvalue weighted by Gasteiger charge is -2.19. The third kappa shape index (κ3) is 5.07. The minimum atomic E-state index is -3.56. The van der Waals surface area contributed by atoms with Crippen molar-refractivity contribution in [3.63, 3.8) is 0 Å². The summed E-state index contributed by atoms with van der Waals surface area (Å²) in [5.41, 5.74) is 7.22. The molecule has 0 fully saturated rings. The summed E-state index contributed by atoms with van der Waals surface area (Å²) >= 11 is 0. The Morgan fingerprint density at radius 3 is 2.57 bits per heavy atom. The van der Waals surface area contributed by atoms with E-state index in [1.54, 1.807) is 13.2 Å². The standard InChI is InChI=1S/C15H26N2O3S/c1-4-6-14(11-20-3)17-21(18,19)15-9-12(10-16)7-8-13(15)5-2/h7-9,14,17H,4-6,10-11,16H2,1-3H3. The lowest BCUT2D eigenvalue weighted by molar-refractivity contribution is 0.171. The summed E-state index contributed by atoms with van der Waals surface area (Å²) in [4.78, 5) is 0.324. The first kappa shape index (κ1) is 18.1. The van der Waals surface area contributed by atoms with Gasteiger partial charge in [-0.15, -0.1) is 0 Å². The van der Waals surface area contributed by atoms with Crippen LogP contribution in [0.4, 0.5) is 0 Å². The molecule has 3 N–H and O–H groups in total. The minimum Gasteiger partial charge on any atom is -0.383 e. The molecule has 0 saturated carbocycles. The van der Waals surface area contributed by atoms with Crippen LogP contribution in [-0.4, -0.2) is 28.2 Å². The fourth-order valence-corrected chi connectivity index (χ4v) is 3.89. The van der Waals surface area contributed by atoms with Crippen LogP contribution in [0.2, 0.25) is 0 Å². The molecule has 0 aliphatic heterocycles. The number of nitrogens with one attached hydrogen (secondary N) is 1. The summed E-state index contributed by atoms with van der Waals surface area (Å²) < 4.78 is 33.1. The second kappa shape index (κ2) is 8.48. The van der Waals surface area contributed by atoms with Crippen LogP contribution in [0.3, 0.4) is 0 Å². The first-order chi connectivity index (χ1) is 9.98. The van der Waals surface area contributed by atoms with Crippen LogP contribution in [-0.2, 0) is 27.7 Å². The number of methoxy groups -OCH3 is 1. The average molecular weight is 314 g/mol. The van der Waals surface area contributed by atoms with Crippen molar-refractivity contribution in [3.05, 3.63) is 29.3 Å². The Hall–Kier alpha value is -0.950.